The van der Waals surface area contributed by atoms with Gasteiger partial charge in [0, 0.05) is 0 Å². The summed E-state index contributed by atoms with van der Waals surface area (Å²) in [5.41, 5.74) is -0.719. The second kappa shape index (κ2) is 15.7. The topological polar surface area (TPSA) is 113 Å². The summed E-state index contributed by atoms with van der Waals surface area (Å²) in [6.45, 7) is 21.4. The third kappa shape index (κ3) is 12.4. The molecule has 1 rings (SSSR count). The van der Waals surface area contributed by atoms with Gasteiger partial charge < -0.3 is 14.5 Å². The fourth-order valence-corrected chi connectivity index (χ4v) is 5.07. The van der Waals surface area contributed by atoms with Gasteiger partial charge in [-0.25, -0.2) is 9.10 Å². The summed E-state index contributed by atoms with van der Waals surface area (Å²) in [4.78, 5) is 22.8. The van der Waals surface area contributed by atoms with Gasteiger partial charge >= 0.3 is 16.4 Å². The van der Waals surface area contributed by atoms with Gasteiger partial charge in [0.1, 0.15) is 11.6 Å². The zero-order chi connectivity index (χ0) is 27.3. The highest BCUT2D eigenvalue weighted by atomic mass is 32.2. The monoisotopic (exact) mass is 522 g/mol. The summed E-state index contributed by atoms with van der Waals surface area (Å²) < 4.78 is 37.0. The Kier molecular flexibility index (Phi) is 15.0. The number of hydrogen-bond donors (Lipinski definition) is 2. The molecule has 2 N–H and O–H groups in total. The highest BCUT2D eigenvalue weighted by molar-refractivity contribution is 7.84. The number of unbranched alkanes of at least 4 members (excludes halogenated alkanes) is 4. The molecule has 208 valence electrons. The number of amides is 2. The molecule has 0 aromatic heterocycles. The van der Waals surface area contributed by atoms with Crippen LogP contribution in [-0.2, 0) is 19.8 Å². The van der Waals surface area contributed by atoms with Crippen molar-refractivity contribution in [1.82, 2.24) is 9.62 Å². The molecule has 2 amide bonds. The Morgan fingerprint density at radius 1 is 0.943 bits per heavy atom. The normalized spacial score (nSPS) is 18.4. The highest BCUT2D eigenvalue weighted by Crippen LogP contribution is 2.23. The third-order valence-corrected chi connectivity index (χ3v) is 7.21. The number of quaternary nitrogens is 1. The zero-order valence-corrected chi connectivity index (χ0v) is 24.2. The van der Waals surface area contributed by atoms with Gasteiger partial charge in [-0.05, 0) is 53.4 Å². The predicted molar refractivity (Wildman–Crippen MR) is 140 cm³/mol. The molecule has 10 heteroatoms. The van der Waals surface area contributed by atoms with Gasteiger partial charge in [-0.2, -0.15) is 8.42 Å². The van der Waals surface area contributed by atoms with Crippen LogP contribution in [0, 0.1) is 0 Å². The van der Waals surface area contributed by atoms with Crippen LogP contribution < -0.4 is 5.32 Å². The molecule has 1 aliphatic heterocycles. The maximum Gasteiger partial charge on any atom is 0.408 e. The summed E-state index contributed by atoms with van der Waals surface area (Å²) >= 11 is 0. The first-order chi connectivity index (χ1) is 16.2. The van der Waals surface area contributed by atoms with Gasteiger partial charge in [0.05, 0.1) is 32.2 Å². The molecular weight excluding hydrogens is 470 g/mol. The van der Waals surface area contributed by atoms with Crippen molar-refractivity contribution in [2.45, 2.75) is 124 Å². The third-order valence-electron chi connectivity index (χ3n) is 6.20. The first-order valence-electron chi connectivity index (χ1n) is 13.3. The molecule has 0 saturated carbocycles. The maximum absolute atomic E-state index is 11.4. The number of nitrogens with zero attached hydrogens (tertiary/aromatic N) is 2. The average Bonchev–Trinajstić information content (AvgIpc) is 2.75. The molecule has 9 nitrogen and oxygen atoms in total. The molecule has 0 aliphatic carbocycles. The van der Waals surface area contributed by atoms with E-state index in [1.54, 1.807) is 20.8 Å². The van der Waals surface area contributed by atoms with Crippen molar-refractivity contribution < 1.29 is 31.8 Å². The minimum atomic E-state index is -4.58. The van der Waals surface area contributed by atoms with Crippen molar-refractivity contribution in [2.24, 2.45) is 0 Å². The fourth-order valence-electron chi connectivity index (χ4n) is 4.18. The molecule has 0 bridgehead atoms. The number of β-lactam (4-membered cyclic amide) rings is 1. The first-order valence-corrected chi connectivity index (χ1v) is 14.7. The molecule has 1 saturated heterocycles. The molecule has 0 radical (unpaired) electrons. The lowest BCUT2D eigenvalue weighted by Crippen LogP contribution is -2.70. The minimum Gasteiger partial charge on any atom is -0.444 e. The van der Waals surface area contributed by atoms with E-state index in [9.17, 15) is 18.0 Å². The number of rotatable bonds is 14. The fraction of sp³-hybridized carbons (Fsp3) is 0.920. The Morgan fingerprint density at radius 3 is 1.57 bits per heavy atom. The largest absolute Gasteiger partial charge is 0.444 e. The molecule has 1 unspecified atom stereocenters. The van der Waals surface area contributed by atoms with Crippen molar-refractivity contribution in [3.05, 3.63) is 0 Å². The smallest absolute Gasteiger partial charge is 0.408 e. The van der Waals surface area contributed by atoms with Gasteiger partial charge in [0.15, 0.2) is 0 Å². The molecular formula is C25H52N3O6S+. The van der Waals surface area contributed by atoms with E-state index in [0.29, 0.717) is 4.31 Å². The quantitative estimate of drug-likeness (QED) is 0.190. The van der Waals surface area contributed by atoms with E-state index in [-0.39, 0.29) is 0 Å². The number of carbonyl (C=O) groups is 2. The average molecular weight is 523 g/mol. The van der Waals surface area contributed by atoms with Crippen LogP contribution in [0.2, 0.25) is 0 Å². The maximum atomic E-state index is 11.4. The predicted octanol–water partition coefficient (Wildman–Crippen LogP) is 4.92. The Balaban J connectivity index is 0.000000662. The lowest BCUT2D eigenvalue weighted by Gasteiger charge is -2.42. The summed E-state index contributed by atoms with van der Waals surface area (Å²) in [5, 5.41) is 2.25. The van der Waals surface area contributed by atoms with E-state index < -0.39 is 40.0 Å². The Morgan fingerprint density at radius 2 is 1.31 bits per heavy atom. The van der Waals surface area contributed by atoms with E-state index in [4.69, 9.17) is 9.29 Å². The second-order valence-electron chi connectivity index (χ2n) is 10.6. The molecule has 0 spiro atoms. The van der Waals surface area contributed by atoms with Crippen LogP contribution in [0.5, 0.6) is 0 Å². The number of nitrogens with one attached hydrogen (secondary N) is 1. The van der Waals surface area contributed by atoms with Crippen LogP contribution in [0.1, 0.15) is 107 Å². The number of carbonyl (C=O) groups excluding carboxylic acids is 2. The molecule has 1 heterocycles. The van der Waals surface area contributed by atoms with Crippen LogP contribution >= 0.6 is 0 Å². The molecule has 1 fully saturated rings. The van der Waals surface area contributed by atoms with Gasteiger partial charge in [0.2, 0.25) is 0 Å². The molecule has 2 atom stereocenters. The van der Waals surface area contributed by atoms with Crippen LogP contribution in [0.3, 0.4) is 0 Å². The molecule has 0 aromatic rings. The first kappa shape index (κ1) is 33.6. The van der Waals surface area contributed by atoms with E-state index in [2.05, 4.69) is 33.0 Å². The van der Waals surface area contributed by atoms with Crippen molar-refractivity contribution in [2.75, 3.05) is 26.2 Å². The highest BCUT2D eigenvalue weighted by Gasteiger charge is 2.51. The van der Waals surface area contributed by atoms with Gasteiger partial charge in [0.25, 0.3) is 5.91 Å². The van der Waals surface area contributed by atoms with Crippen LogP contribution in [0.25, 0.3) is 0 Å². The van der Waals surface area contributed by atoms with Crippen LogP contribution in [0.4, 0.5) is 4.79 Å². The number of hydrogen-bond acceptors (Lipinski definition) is 5. The molecule has 35 heavy (non-hydrogen) atoms. The number of ether oxygens (including phenoxy) is 1. The molecule has 0 aromatic carbocycles. The van der Waals surface area contributed by atoms with Crippen molar-refractivity contribution >= 4 is 22.3 Å². The summed E-state index contributed by atoms with van der Waals surface area (Å²) in [6.07, 6.45) is 10.2. The lowest BCUT2D eigenvalue weighted by atomic mass is 10.0. The summed E-state index contributed by atoms with van der Waals surface area (Å²) in [6, 6.07) is -1.86. The van der Waals surface area contributed by atoms with E-state index in [1.165, 1.54) is 89.0 Å². The van der Waals surface area contributed by atoms with Gasteiger partial charge in [-0.1, -0.05) is 53.4 Å². The van der Waals surface area contributed by atoms with Crippen LogP contribution in [0.15, 0.2) is 0 Å². The van der Waals surface area contributed by atoms with E-state index in [0.717, 1.165) is 0 Å². The zero-order valence-electron chi connectivity index (χ0n) is 23.4. The standard InChI is InChI=1S/C16H36N.C9H16N2O6S/c1-5-9-13-17(14-10-6-2,15-11-7-3)16-12-8-4;1-5-6(7(12)11(5)18(14,15)16)10-8(13)17-9(2,3)4/h5-16H2,1-4H3;5-6H,1-4H3,(H,10,13)(H,14,15,16)/q+1;/t;5?,6-/m.0/s1. The van der Waals surface area contributed by atoms with E-state index in [1.807, 2.05) is 0 Å². The van der Waals surface area contributed by atoms with E-state index >= 15 is 0 Å². The Hall–Kier alpha value is -1.39. The summed E-state index contributed by atoms with van der Waals surface area (Å²) in [5.74, 6) is -0.893. The minimum absolute atomic E-state index is 0.301. The summed E-state index contributed by atoms with van der Waals surface area (Å²) in [7, 11) is -4.58. The SMILES string of the molecule is CC1[C@H](NC(=O)OC(C)(C)C)C(=O)N1S(=O)(=O)O.CCCC[N+](CCCC)(CCCC)CCCC. The van der Waals surface area contributed by atoms with Crippen molar-refractivity contribution in [3.8, 4) is 0 Å². The Labute approximate surface area is 214 Å². The van der Waals surface area contributed by atoms with Crippen molar-refractivity contribution in [1.29, 1.82) is 0 Å². The second-order valence-corrected chi connectivity index (χ2v) is 11.9. The van der Waals surface area contributed by atoms with Crippen LogP contribution in [-0.4, -0.2) is 77.6 Å². The number of alkyl carbamates (subject to hydrolysis) is 1. The van der Waals surface area contributed by atoms with Gasteiger partial charge in [-0.15, -0.1) is 0 Å². The van der Waals surface area contributed by atoms with Gasteiger partial charge in [-0.3, -0.25) is 9.35 Å². The van der Waals surface area contributed by atoms with Crippen molar-refractivity contribution in [3.63, 3.8) is 0 Å². The Bertz CT molecular complexity index is 698. The lowest BCUT2D eigenvalue weighted by molar-refractivity contribution is -0.929. The molecule has 1 aliphatic rings.